The van der Waals surface area contributed by atoms with Gasteiger partial charge in [0, 0.05) is 0 Å². The third kappa shape index (κ3) is 6.42. The summed E-state index contributed by atoms with van der Waals surface area (Å²) < 4.78 is 0. The minimum absolute atomic E-state index is 0.911. The molecule has 0 saturated heterocycles. The fraction of sp³-hybridized carbons (Fsp3) is 1.00. The van der Waals surface area contributed by atoms with Gasteiger partial charge in [0.15, 0.2) is 0 Å². The predicted octanol–water partition coefficient (Wildman–Crippen LogP) is 3.04. The van der Waals surface area contributed by atoms with Gasteiger partial charge in [-0.25, -0.2) is 0 Å². The van der Waals surface area contributed by atoms with Crippen LogP contribution in [0.25, 0.3) is 0 Å². The van der Waals surface area contributed by atoms with E-state index < -0.39 is 0 Å². The molecule has 1 aliphatic carbocycles. The second-order valence-electron chi connectivity index (χ2n) is 5.92. The third-order valence-electron chi connectivity index (χ3n) is 4.21. The molecule has 2 heteroatoms. The normalized spacial score (nSPS) is 30.2. The van der Waals surface area contributed by atoms with E-state index in [0.29, 0.717) is 0 Å². The summed E-state index contributed by atoms with van der Waals surface area (Å²) in [4.78, 5) is 0. The highest BCUT2D eigenvalue weighted by molar-refractivity contribution is 4.75. The summed E-state index contributed by atoms with van der Waals surface area (Å²) in [5.41, 5.74) is 0. The van der Waals surface area contributed by atoms with Crippen molar-refractivity contribution in [1.82, 2.24) is 10.6 Å². The lowest BCUT2D eigenvalue weighted by Gasteiger charge is -2.22. The number of hydrogen-bond donors (Lipinski definition) is 2. The first-order valence-electron chi connectivity index (χ1n) is 7.65. The van der Waals surface area contributed by atoms with Crippen molar-refractivity contribution in [2.75, 3.05) is 26.2 Å². The van der Waals surface area contributed by atoms with Gasteiger partial charge in [-0.1, -0.05) is 33.6 Å². The largest absolute Gasteiger partial charge is 0.317 e. The number of rotatable bonds is 7. The first-order valence-corrected chi connectivity index (χ1v) is 7.65. The van der Waals surface area contributed by atoms with Gasteiger partial charge in [0.25, 0.3) is 0 Å². The zero-order valence-corrected chi connectivity index (χ0v) is 12.1. The lowest BCUT2D eigenvalue weighted by molar-refractivity contribution is 0.305. The van der Waals surface area contributed by atoms with Gasteiger partial charge < -0.3 is 10.6 Å². The maximum Gasteiger partial charge on any atom is -0.00180 e. The molecule has 0 aliphatic heterocycles. The Morgan fingerprint density at radius 2 is 1.82 bits per heavy atom. The van der Waals surface area contributed by atoms with Crippen molar-refractivity contribution in [3.8, 4) is 0 Å². The molecule has 2 N–H and O–H groups in total. The van der Waals surface area contributed by atoms with Crippen molar-refractivity contribution in [1.29, 1.82) is 0 Å². The van der Waals surface area contributed by atoms with Crippen LogP contribution in [-0.2, 0) is 0 Å². The van der Waals surface area contributed by atoms with Crippen molar-refractivity contribution in [2.24, 2.45) is 17.8 Å². The monoisotopic (exact) mass is 240 g/mol. The lowest BCUT2D eigenvalue weighted by Crippen LogP contribution is -2.29. The zero-order chi connectivity index (χ0) is 12.5. The van der Waals surface area contributed by atoms with Crippen LogP contribution in [-0.4, -0.2) is 26.2 Å². The molecular weight excluding hydrogens is 208 g/mol. The van der Waals surface area contributed by atoms with Crippen LogP contribution >= 0.6 is 0 Å². The van der Waals surface area contributed by atoms with Gasteiger partial charge in [-0.3, -0.25) is 0 Å². The van der Waals surface area contributed by atoms with E-state index in [4.69, 9.17) is 0 Å². The summed E-state index contributed by atoms with van der Waals surface area (Å²) in [5.74, 6) is 2.77. The summed E-state index contributed by atoms with van der Waals surface area (Å²) in [7, 11) is 0. The first-order chi connectivity index (χ1) is 8.24. The summed E-state index contributed by atoms with van der Waals surface area (Å²) in [6.45, 7) is 11.7. The Morgan fingerprint density at radius 1 is 1.06 bits per heavy atom. The number of nitrogens with one attached hydrogen (secondary N) is 2. The molecule has 3 atom stereocenters. The van der Waals surface area contributed by atoms with Crippen molar-refractivity contribution in [3.05, 3.63) is 0 Å². The second-order valence-corrected chi connectivity index (χ2v) is 5.92. The summed E-state index contributed by atoms with van der Waals surface area (Å²) in [6, 6.07) is 0. The molecule has 0 spiro atoms. The van der Waals surface area contributed by atoms with Crippen LogP contribution in [0.3, 0.4) is 0 Å². The Morgan fingerprint density at radius 3 is 2.59 bits per heavy atom. The lowest BCUT2D eigenvalue weighted by atomic mass is 9.87. The highest BCUT2D eigenvalue weighted by Gasteiger charge is 2.22. The molecule has 102 valence electrons. The van der Waals surface area contributed by atoms with Crippen molar-refractivity contribution < 1.29 is 0 Å². The molecule has 0 amide bonds. The summed E-state index contributed by atoms with van der Waals surface area (Å²) >= 11 is 0. The Bertz CT molecular complexity index is 182. The van der Waals surface area contributed by atoms with Crippen molar-refractivity contribution in [2.45, 2.75) is 52.9 Å². The van der Waals surface area contributed by atoms with Crippen LogP contribution < -0.4 is 10.6 Å². The zero-order valence-electron chi connectivity index (χ0n) is 12.1. The van der Waals surface area contributed by atoms with Crippen LogP contribution in [0.4, 0.5) is 0 Å². The predicted molar refractivity (Wildman–Crippen MR) is 76.3 cm³/mol. The van der Waals surface area contributed by atoms with Gasteiger partial charge >= 0.3 is 0 Å². The smallest absolute Gasteiger partial charge is 0.00180 e. The average molecular weight is 240 g/mol. The van der Waals surface area contributed by atoms with Gasteiger partial charge in [0.2, 0.25) is 0 Å². The quantitative estimate of drug-likeness (QED) is 0.528. The van der Waals surface area contributed by atoms with E-state index in [-0.39, 0.29) is 0 Å². The topological polar surface area (TPSA) is 24.1 Å². The Balaban J connectivity index is 2.08. The molecule has 0 bridgehead atoms. The van der Waals surface area contributed by atoms with Gasteiger partial charge in [0.05, 0.1) is 0 Å². The Kier molecular flexibility index (Phi) is 7.87. The molecule has 0 aromatic carbocycles. The van der Waals surface area contributed by atoms with Crippen LogP contribution in [0.2, 0.25) is 0 Å². The summed E-state index contributed by atoms with van der Waals surface area (Å²) in [6.07, 6.45) is 7.01. The molecule has 17 heavy (non-hydrogen) atoms. The van der Waals surface area contributed by atoms with E-state index in [0.717, 1.165) is 30.8 Å². The van der Waals surface area contributed by atoms with Crippen molar-refractivity contribution in [3.63, 3.8) is 0 Å². The Labute approximate surface area is 108 Å². The molecule has 1 aliphatic rings. The maximum absolute atomic E-state index is 3.65. The van der Waals surface area contributed by atoms with Crippen LogP contribution in [0.5, 0.6) is 0 Å². The van der Waals surface area contributed by atoms with Gasteiger partial charge in [-0.15, -0.1) is 0 Å². The van der Waals surface area contributed by atoms with E-state index in [1.807, 2.05) is 0 Å². The van der Waals surface area contributed by atoms with E-state index in [1.165, 1.54) is 45.2 Å². The standard InChI is InChI=1S/C15H32N2/c1-4-16-9-6-10-17-12-15-8-5-7-13(2)11-14(15)3/h13-17H,4-12H2,1-3H3. The molecular formula is C15H32N2. The van der Waals surface area contributed by atoms with Gasteiger partial charge in [0.1, 0.15) is 0 Å². The molecule has 1 saturated carbocycles. The molecule has 3 unspecified atom stereocenters. The first kappa shape index (κ1) is 15.0. The van der Waals surface area contributed by atoms with E-state index in [1.54, 1.807) is 0 Å². The fourth-order valence-corrected chi connectivity index (χ4v) is 3.06. The average Bonchev–Trinajstić information content (AvgIpc) is 2.45. The maximum atomic E-state index is 3.65. The van der Waals surface area contributed by atoms with Crippen molar-refractivity contribution >= 4 is 0 Å². The highest BCUT2D eigenvalue weighted by Crippen LogP contribution is 2.31. The SMILES string of the molecule is CCNCCCNCC1CCCC(C)CC1C. The molecule has 0 aromatic rings. The fourth-order valence-electron chi connectivity index (χ4n) is 3.06. The molecule has 0 aromatic heterocycles. The summed E-state index contributed by atoms with van der Waals surface area (Å²) in [5, 5.41) is 7.02. The molecule has 1 fully saturated rings. The van der Waals surface area contributed by atoms with E-state index >= 15 is 0 Å². The minimum Gasteiger partial charge on any atom is -0.317 e. The Hall–Kier alpha value is -0.0800. The van der Waals surface area contributed by atoms with E-state index in [9.17, 15) is 0 Å². The molecule has 1 rings (SSSR count). The van der Waals surface area contributed by atoms with Gasteiger partial charge in [-0.05, 0) is 63.2 Å². The molecule has 0 radical (unpaired) electrons. The minimum atomic E-state index is 0.911. The third-order valence-corrected chi connectivity index (χ3v) is 4.21. The second kappa shape index (κ2) is 8.93. The molecule has 0 heterocycles. The van der Waals surface area contributed by atoms with Crippen LogP contribution in [0.15, 0.2) is 0 Å². The van der Waals surface area contributed by atoms with E-state index in [2.05, 4.69) is 31.4 Å². The number of hydrogen-bond acceptors (Lipinski definition) is 2. The molecule has 2 nitrogen and oxygen atoms in total. The van der Waals surface area contributed by atoms with Crippen LogP contribution in [0, 0.1) is 17.8 Å². The van der Waals surface area contributed by atoms with Gasteiger partial charge in [-0.2, -0.15) is 0 Å². The van der Waals surface area contributed by atoms with Crippen LogP contribution in [0.1, 0.15) is 52.9 Å². The highest BCUT2D eigenvalue weighted by atomic mass is 14.9.